The zero-order valence-electron chi connectivity index (χ0n) is 10.8. The average Bonchev–Trinajstić information content (AvgIpc) is 2.48. The fourth-order valence-corrected chi connectivity index (χ4v) is 2.35. The summed E-state index contributed by atoms with van der Waals surface area (Å²) in [4.78, 5) is 3.90. The number of hydrogen-bond donors (Lipinski definition) is 2. The Balaban J connectivity index is 2.39. The van der Waals surface area contributed by atoms with E-state index in [1.807, 2.05) is 0 Å². The highest BCUT2D eigenvalue weighted by molar-refractivity contribution is 6.31. The summed E-state index contributed by atoms with van der Waals surface area (Å²) >= 11 is 6.07. The van der Waals surface area contributed by atoms with Gasteiger partial charge in [-0.2, -0.15) is 0 Å². The Labute approximate surface area is 121 Å². The minimum absolute atomic E-state index is 0.270. The molecule has 20 heavy (non-hydrogen) atoms. The van der Waals surface area contributed by atoms with Crippen LogP contribution in [0, 0.1) is 5.82 Å². The number of halogens is 2. The lowest BCUT2D eigenvalue weighted by Gasteiger charge is -2.31. The smallest absolute Gasteiger partial charge is 0.123 e. The predicted octanol–water partition coefficient (Wildman–Crippen LogP) is 2.34. The maximum Gasteiger partial charge on any atom is 0.123 e. The standard InChI is InChI=1S/C15H15ClFNO2/c16-14-8-18-6-5-11(14)7-15(9-19,10-20)12-1-3-13(17)4-2-12/h1-6,8,19-20H,7,9-10H2. The first kappa shape index (κ1) is 14.9. The van der Waals surface area contributed by atoms with Crippen molar-refractivity contribution in [1.29, 1.82) is 0 Å². The fourth-order valence-electron chi connectivity index (χ4n) is 2.16. The average molecular weight is 296 g/mol. The van der Waals surface area contributed by atoms with Crippen molar-refractivity contribution in [3.63, 3.8) is 0 Å². The molecule has 1 heterocycles. The molecule has 106 valence electrons. The van der Waals surface area contributed by atoms with Gasteiger partial charge in [0.25, 0.3) is 0 Å². The van der Waals surface area contributed by atoms with Crippen LogP contribution in [0.4, 0.5) is 4.39 Å². The number of hydrogen-bond acceptors (Lipinski definition) is 3. The van der Waals surface area contributed by atoms with E-state index in [1.54, 1.807) is 24.4 Å². The lowest BCUT2D eigenvalue weighted by Crippen LogP contribution is -2.37. The van der Waals surface area contributed by atoms with Crippen LogP contribution in [-0.4, -0.2) is 28.4 Å². The molecule has 0 saturated carbocycles. The van der Waals surface area contributed by atoms with Crippen LogP contribution in [0.3, 0.4) is 0 Å². The Bertz CT molecular complexity index is 570. The van der Waals surface area contributed by atoms with E-state index in [-0.39, 0.29) is 19.0 Å². The Hall–Kier alpha value is -1.49. The topological polar surface area (TPSA) is 53.4 Å². The molecule has 0 aliphatic rings. The summed E-state index contributed by atoms with van der Waals surface area (Å²) in [7, 11) is 0. The SMILES string of the molecule is OCC(CO)(Cc1ccncc1Cl)c1ccc(F)cc1. The minimum Gasteiger partial charge on any atom is -0.395 e. The van der Waals surface area contributed by atoms with Crippen LogP contribution in [0.5, 0.6) is 0 Å². The molecular formula is C15H15ClFNO2. The second-order valence-corrected chi connectivity index (χ2v) is 5.15. The Morgan fingerprint density at radius 2 is 1.75 bits per heavy atom. The van der Waals surface area contributed by atoms with E-state index in [0.717, 1.165) is 5.56 Å². The number of aromatic nitrogens is 1. The Kier molecular flexibility index (Phi) is 4.70. The molecule has 2 aromatic rings. The number of benzene rings is 1. The van der Waals surface area contributed by atoms with Crippen molar-refractivity contribution in [2.75, 3.05) is 13.2 Å². The summed E-state index contributed by atoms with van der Waals surface area (Å²) in [6.07, 6.45) is 3.46. The van der Waals surface area contributed by atoms with Gasteiger partial charge >= 0.3 is 0 Å². The first-order valence-electron chi connectivity index (χ1n) is 6.17. The Morgan fingerprint density at radius 3 is 2.30 bits per heavy atom. The van der Waals surface area contributed by atoms with Gasteiger partial charge in [-0.3, -0.25) is 4.98 Å². The number of aliphatic hydroxyl groups excluding tert-OH is 2. The third-order valence-corrected chi connectivity index (χ3v) is 3.79. The molecular weight excluding hydrogens is 281 g/mol. The fraction of sp³-hybridized carbons (Fsp3) is 0.267. The highest BCUT2D eigenvalue weighted by atomic mass is 35.5. The lowest BCUT2D eigenvalue weighted by atomic mass is 9.77. The molecule has 0 spiro atoms. The molecule has 0 atom stereocenters. The van der Waals surface area contributed by atoms with Crippen molar-refractivity contribution in [3.05, 3.63) is 64.7 Å². The molecule has 0 bridgehead atoms. The molecule has 2 rings (SSSR count). The zero-order valence-corrected chi connectivity index (χ0v) is 11.5. The number of pyridine rings is 1. The first-order valence-corrected chi connectivity index (χ1v) is 6.55. The monoisotopic (exact) mass is 295 g/mol. The van der Waals surface area contributed by atoms with E-state index < -0.39 is 5.41 Å². The maximum absolute atomic E-state index is 13.0. The third-order valence-electron chi connectivity index (χ3n) is 3.45. The molecule has 3 nitrogen and oxygen atoms in total. The molecule has 0 saturated heterocycles. The van der Waals surface area contributed by atoms with Crippen LogP contribution >= 0.6 is 11.6 Å². The quantitative estimate of drug-likeness (QED) is 0.890. The van der Waals surface area contributed by atoms with E-state index >= 15 is 0 Å². The lowest BCUT2D eigenvalue weighted by molar-refractivity contribution is 0.116. The van der Waals surface area contributed by atoms with Crippen molar-refractivity contribution in [2.45, 2.75) is 11.8 Å². The van der Waals surface area contributed by atoms with Crippen LogP contribution in [0.15, 0.2) is 42.7 Å². The van der Waals surface area contributed by atoms with Crippen LogP contribution in [0.2, 0.25) is 5.02 Å². The molecule has 0 aliphatic carbocycles. The normalized spacial score (nSPS) is 11.6. The van der Waals surface area contributed by atoms with E-state index in [0.29, 0.717) is 17.0 Å². The van der Waals surface area contributed by atoms with Gasteiger partial charge in [-0.05, 0) is 35.7 Å². The van der Waals surface area contributed by atoms with Crippen molar-refractivity contribution in [1.82, 2.24) is 4.98 Å². The summed E-state index contributed by atoms with van der Waals surface area (Å²) < 4.78 is 13.0. The van der Waals surface area contributed by atoms with Crippen molar-refractivity contribution < 1.29 is 14.6 Å². The molecule has 0 fully saturated rings. The van der Waals surface area contributed by atoms with Crippen LogP contribution in [0.1, 0.15) is 11.1 Å². The predicted molar refractivity (Wildman–Crippen MR) is 75.2 cm³/mol. The minimum atomic E-state index is -0.904. The van der Waals surface area contributed by atoms with Gasteiger partial charge in [0.05, 0.1) is 18.2 Å². The summed E-state index contributed by atoms with van der Waals surface area (Å²) in [6, 6.07) is 7.49. The van der Waals surface area contributed by atoms with E-state index in [2.05, 4.69) is 4.98 Å². The number of nitrogens with zero attached hydrogens (tertiary/aromatic N) is 1. The molecule has 2 N–H and O–H groups in total. The van der Waals surface area contributed by atoms with Gasteiger partial charge < -0.3 is 10.2 Å². The highest BCUT2D eigenvalue weighted by Gasteiger charge is 2.32. The molecule has 0 aliphatic heterocycles. The molecule has 0 radical (unpaired) electrons. The largest absolute Gasteiger partial charge is 0.395 e. The second-order valence-electron chi connectivity index (χ2n) is 4.75. The van der Waals surface area contributed by atoms with Gasteiger partial charge in [0.1, 0.15) is 5.82 Å². The van der Waals surface area contributed by atoms with Gasteiger partial charge in [-0.15, -0.1) is 0 Å². The van der Waals surface area contributed by atoms with Crippen molar-refractivity contribution >= 4 is 11.6 Å². The van der Waals surface area contributed by atoms with Crippen molar-refractivity contribution in [3.8, 4) is 0 Å². The summed E-state index contributed by atoms with van der Waals surface area (Å²) in [5.74, 6) is -0.361. The van der Waals surface area contributed by atoms with Gasteiger partial charge in [0.2, 0.25) is 0 Å². The molecule has 0 amide bonds. The zero-order chi connectivity index (χ0) is 14.6. The van der Waals surface area contributed by atoms with E-state index in [9.17, 15) is 14.6 Å². The summed E-state index contributed by atoms with van der Waals surface area (Å²) in [6.45, 7) is -0.540. The summed E-state index contributed by atoms with van der Waals surface area (Å²) in [5.41, 5.74) is 0.532. The van der Waals surface area contributed by atoms with Gasteiger partial charge in [-0.25, -0.2) is 4.39 Å². The van der Waals surface area contributed by atoms with E-state index in [1.165, 1.54) is 18.3 Å². The number of rotatable bonds is 5. The third kappa shape index (κ3) is 2.98. The number of aliphatic hydroxyl groups is 2. The second kappa shape index (κ2) is 6.31. The highest BCUT2D eigenvalue weighted by Crippen LogP contribution is 2.30. The molecule has 1 aromatic heterocycles. The van der Waals surface area contributed by atoms with Crippen LogP contribution in [-0.2, 0) is 11.8 Å². The van der Waals surface area contributed by atoms with Gasteiger partial charge in [0, 0.05) is 17.8 Å². The summed E-state index contributed by atoms with van der Waals surface area (Å²) in [5, 5.41) is 20.0. The first-order chi connectivity index (χ1) is 9.61. The Morgan fingerprint density at radius 1 is 1.10 bits per heavy atom. The van der Waals surface area contributed by atoms with E-state index in [4.69, 9.17) is 11.6 Å². The van der Waals surface area contributed by atoms with Gasteiger partial charge in [0.15, 0.2) is 0 Å². The van der Waals surface area contributed by atoms with Crippen molar-refractivity contribution in [2.24, 2.45) is 0 Å². The molecule has 0 unspecified atom stereocenters. The van der Waals surface area contributed by atoms with Gasteiger partial charge in [-0.1, -0.05) is 23.7 Å². The van der Waals surface area contributed by atoms with Crippen LogP contribution < -0.4 is 0 Å². The molecule has 5 heteroatoms. The van der Waals surface area contributed by atoms with Crippen LogP contribution in [0.25, 0.3) is 0 Å². The maximum atomic E-state index is 13.0. The molecule has 1 aromatic carbocycles.